The molecule has 0 radical (unpaired) electrons. The molecule has 64 heavy (non-hydrogen) atoms. The van der Waals surface area contributed by atoms with E-state index in [-0.39, 0.29) is 25.2 Å². The lowest BCUT2D eigenvalue weighted by atomic mass is 9.75. The van der Waals surface area contributed by atoms with Crippen molar-refractivity contribution >= 4 is 6.16 Å². The fourth-order valence-electron chi connectivity index (χ4n) is 11.9. The molecule has 348 valence electrons. The number of azide groups is 1. The molecule has 15 heteroatoms. The second kappa shape index (κ2) is 19.1. The van der Waals surface area contributed by atoms with E-state index in [0.717, 1.165) is 68.9 Å². The van der Waals surface area contributed by atoms with Gasteiger partial charge in [-0.05, 0) is 67.4 Å². The van der Waals surface area contributed by atoms with E-state index >= 15 is 0 Å². The fraction of sp³-hybridized carbons (Fsp3) is 0.735. The van der Waals surface area contributed by atoms with Gasteiger partial charge in [0.15, 0.2) is 30.3 Å². The first kappa shape index (κ1) is 44.5. The highest BCUT2D eigenvalue weighted by atomic mass is 16.8. The number of ether oxygens (including phenoxy) is 11. The number of carbonyl (C=O) groups is 1. The zero-order chi connectivity index (χ0) is 43.8. The lowest BCUT2D eigenvalue weighted by Crippen LogP contribution is -2.67. The van der Waals surface area contributed by atoms with Crippen LogP contribution in [-0.4, -0.2) is 97.7 Å². The zero-order valence-corrected chi connectivity index (χ0v) is 37.4. The van der Waals surface area contributed by atoms with Crippen LogP contribution in [0.4, 0.5) is 4.79 Å². The van der Waals surface area contributed by atoms with Gasteiger partial charge in [-0.2, -0.15) is 0 Å². The lowest BCUT2D eigenvalue weighted by molar-refractivity contribution is -0.360. The number of nitrogens with zero attached hydrogens (tertiary/aromatic N) is 3. The van der Waals surface area contributed by atoms with Crippen LogP contribution in [0.5, 0.6) is 0 Å². The van der Waals surface area contributed by atoms with E-state index in [1.807, 2.05) is 60.7 Å². The molecule has 0 aromatic heterocycles. The summed E-state index contributed by atoms with van der Waals surface area (Å²) in [7, 11) is 0. The minimum Gasteiger partial charge on any atom is -0.431 e. The van der Waals surface area contributed by atoms with Crippen LogP contribution in [0, 0.1) is 17.8 Å². The highest BCUT2D eigenvalue weighted by molar-refractivity contribution is 5.60. The molecule has 0 bridgehead atoms. The summed E-state index contributed by atoms with van der Waals surface area (Å²) in [5, 5.41) is 4.34. The molecule has 10 rings (SSSR count). The molecule has 4 aliphatic heterocycles. The summed E-state index contributed by atoms with van der Waals surface area (Å²) in [6.45, 7) is 6.92. The average molecular weight is 888 g/mol. The number of hydrogen-bond acceptors (Lipinski definition) is 13. The van der Waals surface area contributed by atoms with Crippen molar-refractivity contribution in [3.05, 3.63) is 82.2 Å². The van der Waals surface area contributed by atoms with Crippen molar-refractivity contribution in [1.82, 2.24) is 0 Å². The number of benzene rings is 2. The smallest absolute Gasteiger partial charge is 0.431 e. The van der Waals surface area contributed by atoms with Crippen LogP contribution >= 0.6 is 0 Å². The molecule has 2 spiro atoms. The molecule has 4 saturated carbocycles. The van der Waals surface area contributed by atoms with Gasteiger partial charge in [-0.15, -0.1) is 0 Å². The molecule has 0 unspecified atom stereocenters. The van der Waals surface area contributed by atoms with Gasteiger partial charge in [-0.1, -0.05) is 106 Å². The molecular formula is C49H65N3O12. The van der Waals surface area contributed by atoms with Gasteiger partial charge in [0.05, 0.1) is 13.2 Å². The molecule has 4 heterocycles. The Morgan fingerprint density at radius 3 is 2.03 bits per heavy atom. The molecule has 2 aromatic rings. The number of rotatable bonds is 10. The quantitative estimate of drug-likeness (QED) is 0.0961. The second-order valence-electron chi connectivity index (χ2n) is 19.9. The maximum Gasteiger partial charge on any atom is 0.509 e. The van der Waals surface area contributed by atoms with Gasteiger partial charge in [-0.3, -0.25) is 0 Å². The highest BCUT2D eigenvalue weighted by Gasteiger charge is 2.69. The van der Waals surface area contributed by atoms with Gasteiger partial charge in [0.1, 0.15) is 61.0 Å². The lowest BCUT2D eigenvalue weighted by Gasteiger charge is -2.50. The predicted molar refractivity (Wildman–Crippen MR) is 229 cm³/mol. The minimum absolute atomic E-state index is 0.144. The number of carbonyl (C=O) groups excluding carboxylic acids is 1. The van der Waals surface area contributed by atoms with Crippen LogP contribution in [-0.2, 0) is 58.7 Å². The molecule has 8 aliphatic rings. The Bertz CT molecular complexity index is 1930. The molecule has 2 aromatic carbocycles. The Morgan fingerprint density at radius 1 is 0.766 bits per heavy atom. The van der Waals surface area contributed by atoms with Gasteiger partial charge in [0.2, 0.25) is 0 Å². The maximum absolute atomic E-state index is 14.4. The van der Waals surface area contributed by atoms with Crippen molar-refractivity contribution < 1.29 is 56.9 Å². The summed E-state index contributed by atoms with van der Waals surface area (Å²) in [4.78, 5) is 17.7. The van der Waals surface area contributed by atoms with E-state index in [2.05, 4.69) is 30.8 Å². The Labute approximate surface area is 375 Å². The van der Waals surface area contributed by atoms with Gasteiger partial charge in [0, 0.05) is 36.2 Å². The average Bonchev–Trinajstić information content (AvgIpc) is 3.86. The van der Waals surface area contributed by atoms with E-state index in [0.29, 0.717) is 37.5 Å². The largest absolute Gasteiger partial charge is 0.509 e. The third-order valence-corrected chi connectivity index (χ3v) is 15.2. The van der Waals surface area contributed by atoms with Crippen LogP contribution in [0.15, 0.2) is 65.8 Å². The predicted octanol–water partition coefficient (Wildman–Crippen LogP) is 9.36. The molecule has 15 nitrogen and oxygen atoms in total. The third kappa shape index (κ3) is 9.07. The van der Waals surface area contributed by atoms with Crippen LogP contribution < -0.4 is 0 Å². The van der Waals surface area contributed by atoms with Gasteiger partial charge in [0.25, 0.3) is 0 Å². The van der Waals surface area contributed by atoms with Gasteiger partial charge >= 0.3 is 6.16 Å². The Balaban J connectivity index is 1.00. The Hall–Kier alpha value is -3.34. The standard InChI is InChI=1S/C49H65N3O12/c1-29(2)33-21-20-30(3)26-34(33)57-47(53)60-40-39(41-43(63-48(61-41)22-12-6-13-23-48)44-42(40)62-49(64-44)24-14-7-15-25-49)59-46-36(51-52-50)38(54-27-31-16-8-4-9-17-31)37-35(56-46)28-55-45(58-37)32-18-10-5-11-19-32/h4-5,8-11,16-19,29-30,33-46H,6-7,12-15,20-28H2,1-3H3/t30-,33+,34-,35-,36-,37-,38-,39+,40+,41-,42+,43+,44+,45-,46-/m1/s1. The van der Waals surface area contributed by atoms with Crippen molar-refractivity contribution in [2.45, 2.75) is 202 Å². The summed E-state index contributed by atoms with van der Waals surface area (Å²) >= 11 is 0. The van der Waals surface area contributed by atoms with Crippen LogP contribution in [0.25, 0.3) is 10.4 Å². The van der Waals surface area contributed by atoms with E-state index in [4.69, 9.17) is 52.1 Å². The van der Waals surface area contributed by atoms with Crippen LogP contribution in [0.2, 0.25) is 0 Å². The molecule has 8 fully saturated rings. The topological polar surface area (TPSA) is 167 Å². The Kier molecular flexibility index (Phi) is 13.3. The van der Waals surface area contributed by atoms with Gasteiger partial charge in [-0.25, -0.2) is 4.79 Å². The molecule has 0 N–H and O–H groups in total. The van der Waals surface area contributed by atoms with E-state index in [1.165, 1.54) is 0 Å². The van der Waals surface area contributed by atoms with Gasteiger partial charge < -0.3 is 52.1 Å². The number of hydrogen-bond donors (Lipinski definition) is 0. The first-order chi connectivity index (χ1) is 31.2. The normalized spacial score (nSPS) is 39.9. The molecule has 4 aliphatic carbocycles. The number of fused-ring (bicyclic) bond motifs is 4. The van der Waals surface area contributed by atoms with E-state index < -0.39 is 91.3 Å². The molecule has 0 amide bonds. The second-order valence-corrected chi connectivity index (χ2v) is 19.9. The van der Waals surface area contributed by atoms with E-state index in [9.17, 15) is 10.3 Å². The molecule has 15 atom stereocenters. The van der Waals surface area contributed by atoms with Crippen LogP contribution in [0.3, 0.4) is 0 Å². The van der Waals surface area contributed by atoms with E-state index in [1.54, 1.807) is 0 Å². The first-order valence-corrected chi connectivity index (χ1v) is 24.1. The Morgan fingerprint density at radius 2 is 1.39 bits per heavy atom. The summed E-state index contributed by atoms with van der Waals surface area (Å²) < 4.78 is 74.8. The summed E-state index contributed by atoms with van der Waals surface area (Å²) in [6, 6.07) is 18.4. The summed E-state index contributed by atoms with van der Waals surface area (Å²) in [5.41, 5.74) is 12.0. The molecule has 4 saturated heterocycles. The van der Waals surface area contributed by atoms with Crippen LogP contribution in [0.1, 0.15) is 122 Å². The highest BCUT2D eigenvalue weighted by Crippen LogP contribution is 2.53. The fourth-order valence-corrected chi connectivity index (χ4v) is 11.9. The maximum atomic E-state index is 14.4. The minimum atomic E-state index is -1.22. The van der Waals surface area contributed by atoms with Crippen molar-refractivity contribution in [3.63, 3.8) is 0 Å². The van der Waals surface area contributed by atoms with Crippen molar-refractivity contribution in [3.8, 4) is 0 Å². The summed E-state index contributed by atoms with van der Waals surface area (Å²) in [6.07, 6.45) is 1.51. The third-order valence-electron chi connectivity index (χ3n) is 15.2. The van der Waals surface area contributed by atoms with Crippen molar-refractivity contribution in [2.75, 3.05) is 6.61 Å². The SMILES string of the molecule is CC(C)[C@@H]1CC[C@@H](C)C[C@H]1OC(=O)O[C@H]1[C@H](O[C@H]2O[C@@H]3CO[C@@H](c4ccccc4)O[C@H]3[C@H](OCc3ccccc3)[C@H]2N=[N+]=[N-])[C@H]2OC3(CCCCC3)O[C@@H]2[C@H]2OC3(CCCCC3)O[C@@H]12. The monoisotopic (exact) mass is 887 g/mol. The van der Waals surface area contributed by atoms with Crippen molar-refractivity contribution in [2.24, 2.45) is 22.9 Å². The zero-order valence-electron chi connectivity index (χ0n) is 37.4. The van der Waals surface area contributed by atoms with Crippen molar-refractivity contribution in [1.29, 1.82) is 0 Å². The molecular weight excluding hydrogens is 823 g/mol. The summed E-state index contributed by atoms with van der Waals surface area (Å²) in [5.74, 6) is -0.792. The first-order valence-electron chi connectivity index (χ1n) is 24.1.